The third-order valence-corrected chi connectivity index (χ3v) is 4.52. The quantitative estimate of drug-likeness (QED) is 0.874. The Morgan fingerprint density at radius 1 is 1.12 bits per heavy atom. The average molecular weight is 241 g/mol. The fourth-order valence-electron chi connectivity index (χ4n) is 1.48. The molecule has 0 saturated heterocycles. The summed E-state index contributed by atoms with van der Waals surface area (Å²) in [6.45, 7) is 5.38. The van der Waals surface area contributed by atoms with Crippen molar-refractivity contribution >= 4 is 10.0 Å². The summed E-state index contributed by atoms with van der Waals surface area (Å²) in [5.41, 5.74) is 2.24. The SMILES string of the molecule is CCc1ccc(CC(C)(C)S(N)(=O)=O)cc1. The monoisotopic (exact) mass is 241 g/mol. The van der Waals surface area contributed by atoms with E-state index in [9.17, 15) is 8.42 Å². The van der Waals surface area contributed by atoms with Crippen LogP contribution in [0.1, 0.15) is 31.9 Å². The van der Waals surface area contributed by atoms with E-state index < -0.39 is 14.8 Å². The van der Waals surface area contributed by atoms with Gasteiger partial charge in [0.2, 0.25) is 10.0 Å². The van der Waals surface area contributed by atoms with E-state index in [1.54, 1.807) is 13.8 Å². The summed E-state index contributed by atoms with van der Waals surface area (Å²) in [7, 11) is -3.52. The molecule has 3 nitrogen and oxygen atoms in total. The zero-order chi connectivity index (χ0) is 12.4. The largest absolute Gasteiger partial charge is 0.228 e. The molecule has 0 saturated carbocycles. The molecule has 0 heterocycles. The molecule has 0 aliphatic rings. The second-order valence-corrected chi connectivity index (χ2v) is 6.85. The van der Waals surface area contributed by atoms with E-state index in [2.05, 4.69) is 6.92 Å². The van der Waals surface area contributed by atoms with Crippen LogP contribution in [-0.2, 0) is 22.9 Å². The van der Waals surface area contributed by atoms with Gasteiger partial charge in [-0.3, -0.25) is 0 Å². The van der Waals surface area contributed by atoms with Gasteiger partial charge in [-0.25, -0.2) is 13.6 Å². The highest BCUT2D eigenvalue weighted by Gasteiger charge is 2.30. The summed E-state index contributed by atoms with van der Waals surface area (Å²) >= 11 is 0. The molecule has 90 valence electrons. The van der Waals surface area contributed by atoms with Crippen LogP contribution in [0.3, 0.4) is 0 Å². The van der Waals surface area contributed by atoms with E-state index in [0.29, 0.717) is 6.42 Å². The van der Waals surface area contributed by atoms with Gasteiger partial charge in [-0.05, 0) is 37.8 Å². The third kappa shape index (κ3) is 3.06. The molecule has 16 heavy (non-hydrogen) atoms. The third-order valence-electron chi connectivity index (χ3n) is 2.83. The van der Waals surface area contributed by atoms with Crippen molar-refractivity contribution in [3.8, 4) is 0 Å². The zero-order valence-corrected chi connectivity index (χ0v) is 10.8. The minimum absolute atomic E-state index is 0.440. The average Bonchev–Trinajstić information content (AvgIpc) is 2.16. The van der Waals surface area contributed by atoms with Crippen LogP contribution in [0, 0.1) is 0 Å². The van der Waals surface area contributed by atoms with Crippen LogP contribution < -0.4 is 5.14 Å². The number of primary sulfonamides is 1. The van der Waals surface area contributed by atoms with Crippen molar-refractivity contribution in [3.05, 3.63) is 35.4 Å². The number of sulfonamides is 1. The summed E-state index contributed by atoms with van der Waals surface area (Å²) < 4.78 is 21.8. The lowest BCUT2D eigenvalue weighted by Crippen LogP contribution is -2.39. The number of benzene rings is 1. The molecular weight excluding hydrogens is 222 g/mol. The number of rotatable bonds is 4. The number of nitrogens with two attached hydrogens (primary N) is 1. The van der Waals surface area contributed by atoms with Crippen LogP contribution in [0.5, 0.6) is 0 Å². The Labute approximate surface area is 97.7 Å². The van der Waals surface area contributed by atoms with Crippen molar-refractivity contribution in [2.24, 2.45) is 5.14 Å². The molecule has 1 aromatic carbocycles. The van der Waals surface area contributed by atoms with E-state index in [1.807, 2.05) is 24.3 Å². The lowest BCUT2D eigenvalue weighted by molar-refractivity contribution is 0.545. The lowest BCUT2D eigenvalue weighted by Gasteiger charge is -2.21. The molecular formula is C12H19NO2S. The van der Waals surface area contributed by atoms with E-state index in [4.69, 9.17) is 5.14 Å². The Hall–Kier alpha value is -0.870. The molecule has 0 bridgehead atoms. The highest BCUT2D eigenvalue weighted by atomic mass is 32.2. The Bertz CT molecular complexity index is 446. The Balaban J connectivity index is 2.89. The summed E-state index contributed by atoms with van der Waals surface area (Å²) in [5, 5.41) is 5.19. The van der Waals surface area contributed by atoms with Gasteiger partial charge in [-0.2, -0.15) is 0 Å². The van der Waals surface area contributed by atoms with Gasteiger partial charge in [0, 0.05) is 0 Å². The fourth-order valence-corrected chi connectivity index (χ4v) is 1.85. The van der Waals surface area contributed by atoms with Crippen molar-refractivity contribution in [2.45, 2.75) is 38.4 Å². The number of hydrogen-bond acceptors (Lipinski definition) is 2. The lowest BCUT2D eigenvalue weighted by atomic mass is 10.0. The number of aryl methyl sites for hydroxylation is 1. The van der Waals surface area contributed by atoms with Crippen molar-refractivity contribution in [1.82, 2.24) is 0 Å². The van der Waals surface area contributed by atoms with Gasteiger partial charge in [0.15, 0.2) is 0 Å². The summed E-state index contributed by atoms with van der Waals surface area (Å²) in [6, 6.07) is 7.97. The highest BCUT2D eigenvalue weighted by molar-refractivity contribution is 7.90. The Kier molecular flexibility index (Phi) is 3.76. The van der Waals surface area contributed by atoms with E-state index in [0.717, 1.165) is 12.0 Å². The number of hydrogen-bond donors (Lipinski definition) is 1. The molecule has 0 amide bonds. The first-order valence-electron chi connectivity index (χ1n) is 5.36. The van der Waals surface area contributed by atoms with Gasteiger partial charge in [0.05, 0.1) is 4.75 Å². The molecule has 0 aliphatic heterocycles. The molecule has 0 aromatic heterocycles. The first kappa shape index (κ1) is 13.2. The van der Waals surface area contributed by atoms with E-state index >= 15 is 0 Å². The van der Waals surface area contributed by atoms with Crippen molar-refractivity contribution in [2.75, 3.05) is 0 Å². The normalized spacial score (nSPS) is 12.8. The first-order valence-corrected chi connectivity index (χ1v) is 6.91. The minimum atomic E-state index is -3.52. The Morgan fingerprint density at radius 3 is 1.94 bits per heavy atom. The molecule has 4 heteroatoms. The second kappa shape index (κ2) is 4.55. The van der Waals surface area contributed by atoms with Crippen molar-refractivity contribution in [1.29, 1.82) is 0 Å². The molecule has 0 radical (unpaired) electrons. The molecule has 1 aromatic rings. The van der Waals surface area contributed by atoms with E-state index in [1.165, 1.54) is 5.56 Å². The fraction of sp³-hybridized carbons (Fsp3) is 0.500. The standard InChI is InChI=1S/C12H19NO2S/c1-4-10-5-7-11(8-6-10)9-12(2,3)16(13,14)15/h5-8H,4,9H2,1-3H3,(H2,13,14,15). The maximum Gasteiger partial charge on any atom is 0.214 e. The summed E-state index contributed by atoms with van der Waals surface area (Å²) in [6.07, 6.45) is 1.43. The maximum atomic E-state index is 11.4. The van der Waals surface area contributed by atoms with Crippen LogP contribution in [0.15, 0.2) is 24.3 Å². The molecule has 0 aliphatic carbocycles. The molecule has 0 spiro atoms. The van der Waals surface area contributed by atoms with Crippen molar-refractivity contribution in [3.63, 3.8) is 0 Å². The molecule has 2 N–H and O–H groups in total. The Morgan fingerprint density at radius 2 is 1.56 bits per heavy atom. The van der Waals surface area contributed by atoms with Gasteiger partial charge in [-0.1, -0.05) is 31.2 Å². The summed E-state index contributed by atoms with van der Waals surface area (Å²) in [4.78, 5) is 0. The smallest absolute Gasteiger partial charge is 0.214 e. The zero-order valence-electron chi connectivity index (χ0n) is 10.0. The molecule has 0 unspecified atom stereocenters. The van der Waals surface area contributed by atoms with E-state index in [-0.39, 0.29) is 0 Å². The predicted molar refractivity (Wildman–Crippen MR) is 66.7 cm³/mol. The van der Waals surface area contributed by atoms with Gasteiger partial charge < -0.3 is 0 Å². The molecule has 1 rings (SSSR count). The summed E-state index contributed by atoms with van der Waals surface area (Å²) in [5.74, 6) is 0. The topological polar surface area (TPSA) is 60.2 Å². The molecule has 0 fully saturated rings. The highest BCUT2D eigenvalue weighted by Crippen LogP contribution is 2.20. The van der Waals surface area contributed by atoms with Crippen LogP contribution in [0.4, 0.5) is 0 Å². The van der Waals surface area contributed by atoms with Crippen LogP contribution in [0.2, 0.25) is 0 Å². The van der Waals surface area contributed by atoms with Gasteiger partial charge >= 0.3 is 0 Å². The van der Waals surface area contributed by atoms with Crippen LogP contribution in [0.25, 0.3) is 0 Å². The van der Waals surface area contributed by atoms with Crippen LogP contribution in [-0.4, -0.2) is 13.2 Å². The van der Waals surface area contributed by atoms with Crippen LogP contribution >= 0.6 is 0 Å². The van der Waals surface area contributed by atoms with Gasteiger partial charge in [0.25, 0.3) is 0 Å². The minimum Gasteiger partial charge on any atom is -0.228 e. The van der Waals surface area contributed by atoms with Gasteiger partial charge in [-0.15, -0.1) is 0 Å². The van der Waals surface area contributed by atoms with Crippen molar-refractivity contribution < 1.29 is 8.42 Å². The first-order chi connectivity index (χ1) is 7.26. The molecule has 0 atom stereocenters. The predicted octanol–water partition coefficient (Wildman–Crippen LogP) is 1.86. The maximum absolute atomic E-state index is 11.4. The second-order valence-electron chi connectivity index (χ2n) is 4.65. The van der Waals surface area contributed by atoms with Gasteiger partial charge in [0.1, 0.15) is 0 Å².